The van der Waals surface area contributed by atoms with Crippen LogP contribution in [0.25, 0.3) is 16.4 Å². The average molecular weight is 293 g/mol. The molecule has 0 atom stereocenters. The third-order valence-electron chi connectivity index (χ3n) is 2.19. The van der Waals surface area contributed by atoms with E-state index in [-0.39, 0.29) is 22.0 Å². The molecule has 0 aliphatic rings. The summed E-state index contributed by atoms with van der Waals surface area (Å²) in [5.74, 6) is -2.59. The Kier molecular flexibility index (Phi) is 3.32. The SMILES string of the molecule is C=C(Cl)c1ccc(-c2noc(C(F)(F)F)n2)cc1F. The zero-order valence-electron chi connectivity index (χ0n) is 9.13. The Morgan fingerprint density at radius 3 is 2.47 bits per heavy atom. The van der Waals surface area contributed by atoms with Crippen molar-refractivity contribution in [1.82, 2.24) is 10.1 Å². The van der Waals surface area contributed by atoms with Crippen LogP contribution in [0.3, 0.4) is 0 Å². The largest absolute Gasteiger partial charge is 0.471 e. The maximum absolute atomic E-state index is 13.6. The van der Waals surface area contributed by atoms with E-state index in [1.54, 1.807) is 0 Å². The molecular weight excluding hydrogens is 288 g/mol. The van der Waals surface area contributed by atoms with Crippen molar-refractivity contribution in [3.63, 3.8) is 0 Å². The van der Waals surface area contributed by atoms with E-state index in [0.717, 1.165) is 6.07 Å². The number of nitrogens with zero attached hydrogens (tertiary/aromatic N) is 2. The van der Waals surface area contributed by atoms with E-state index < -0.39 is 17.9 Å². The van der Waals surface area contributed by atoms with Gasteiger partial charge in [0, 0.05) is 16.2 Å². The molecular formula is C11H5ClF4N2O. The molecule has 0 bridgehead atoms. The van der Waals surface area contributed by atoms with Crippen molar-refractivity contribution in [2.24, 2.45) is 0 Å². The van der Waals surface area contributed by atoms with Gasteiger partial charge >= 0.3 is 12.1 Å². The van der Waals surface area contributed by atoms with Crippen LogP contribution in [-0.4, -0.2) is 10.1 Å². The summed E-state index contributed by atoms with van der Waals surface area (Å²) >= 11 is 5.54. The quantitative estimate of drug-likeness (QED) is 0.782. The second-order valence-electron chi connectivity index (χ2n) is 3.52. The van der Waals surface area contributed by atoms with Crippen LogP contribution in [0.5, 0.6) is 0 Å². The van der Waals surface area contributed by atoms with Crippen molar-refractivity contribution < 1.29 is 22.1 Å². The van der Waals surface area contributed by atoms with Gasteiger partial charge < -0.3 is 4.52 Å². The van der Waals surface area contributed by atoms with Gasteiger partial charge in [-0.25, -0.2) is 4.39 Å². The van der Waals surface area contributed by atoms with Crippen molar-refractivity contribution in [2.45, 2.75) is 6.18 Å². The average Bonchev–Trinajstić information content (AvgIpc) is 2.76. The number of aromatic nitrogens is 2. The third-order valence-corrected chi connectivity index (χ3v) is 2.39. The van der Waals surface area contributed by atoms with Crippen LogP contribution >= 0.6 is 11.6 Å². The molecule has 2 aromatic rings. The second kappa shape index (κ2) is 4.65. The number of alkyl halides is 3. The van der Waals surface area contributed by atoms with Crippen LogP contribution in [0.15, 0.2) is 29.3 Å². The lowest BCUT2D eigenvalue weighted by molar-refractivity contribution is -0.159. The van der Waals surface area contributed by atoms with Gasteiger partial charge in [0.15, 0.2) is 0 Å². The molecule has 0 saturated heterocycles. The minimum atomic E-state index is -4.74. The summed E-state index contributed by atoms with van der Waals surface area (Å²) in [7, 11) is 0. The lowest BCUT2D eigenvalue weighted by atomic mass is 10.1. The number of hydrogen-bond donors (Lipinski definition) is 0. The molecule has 0 aliphatic heterocycles. The summed E-state index contributed by atoms with van der Waals surface area (Å²) in [6.07, 6.45) is -4.74. The highest BCUT2D eigenvalue weighted by Gasteiger charge is 2.38. The minimum absolute atomic E-state index is 0.0202. The monoisotopic (exact) mass is 292 g/mol. The molecule has 1 aromatic heterocycles. The number of halogens is 5. The van der Waals surface area contributed by atoms with Crippen LogP contribution in [0, 0.1) is 5.82 Å². The number of benzene rings is 1. The Hall–Kier alpha value is -1.89. The van der Waals surface area contributed by atoms with E-state index in [4.69, 9.17) is 11.6 Å². The summed E-state index contributed by atoms with van der Waals surface area (Å²) in [6, 6.07) is 3.54. The zero-order valence-corrected chi connectivity index (χ0v) is 9.89. The van der Waals surface area contributed by atoms with Crippen molar-refractivity contribution in [1.29, 1.82) is 0 Å². The minimum Gasteiger partial charge on any atom is -0.329 e. The van der Waals surface area contributed by atoms with E-state index in [1.807, 2.05) is 0 Å². The Balaban J connectivity index is 2.40. The van der Waals surface area contributed by atoms with Crippen molar-refractivity contribution in [3.05, 3.63) is 42.0 Å². The van der Waals surface area contributed by atoms with Crippen LogP contribution in [-0.2, 0) is 6.18 Å². The van der Waals surface area contributed by atoms with Gasteiger partial charge in [-0.2, -0.15) is 18.2 Å². The summed E-state index contributed by atoms with van der Waals surface area (Å²) in [5, 5.41) is 3.12. The molecule has 0 radical (unpaired) electrons. The van der Waals surface area contributed by atoms with Gasteiger partial charge in [-0.15, -0.1) is 0 Å². The number of hydrogen-bond acceptors (Lipinski definition) is 3. The van der Waals surface area contributed by atoms with E-state index in [2.05, 4.69) is 21.2 Å². The Labute approximate surface area is 109 Å². The lowest BCUT2D eigenvalue weighted by Crippen LogP contribution is -2.04. The Morgan fingerprint density at radius 2 is 2.00 bits per heavy atom. The fourth-order valence-corrected chi connectivity index (χ4v) is 1.48. The van der Waals surface area contributed by atoms with E-state index in [9.17, 15) is 17.6 Å². The molecule has 3 nitrogen and oxygen atoms in total. The normalized spacial score (nSPS) is 11.6. The maximum Gasteiger partial charge on any atom is 0.471 e. The zero-order chi connectivity index (χ0) is 14.2. The van der Waals surface area contributed by atoms with Gasteiger partial charge in [-0.05, 0) is 12.1 Å². The fourth-order valence-electron chi connectivity index (χ4n) is 1.33. The molecule has 0 spiro atoms. The van der Waals surface area contributed by atoms with Crippen molar-refractivity contribution >= 4 is 16.6 Å². The maximum atomic E-state index is 13.6. The van der Waals surface area contributed by atoms with Crippen LogP contribution in [0.2, 0.25) is 0 Å². The molecule has 0 unspecified atom stereocenters. The highest BCUT2D eigenvalue weighted by atomic mass is 35.5. The van der Waals surface area contributed by atoms with Gasteiger partial charge in [-0.1, -0.05) is 29.4 Å². The molecule has 0 amide bonds. The smallest absolute Gasteiger partial charge is 0.329 e. The highest BCUT2D eigenvalue weighted by Crippen LogP contribution is 2.30. The van der Waals surface area contributed by atoms with E-state index in [1.165, 1.54) is 12.1 Å². The van der Waals surface area contributed by atoms with Crippen molar-refractivity contribution in [3.8, 4) is 11.4 Å². The third kappa shape index (κ3) is 2.76. The molecule has 1 aromatic carbocycles. The first-order valence-electron chi connectivity index (χ1n) is 4.84. The van der Waals surface area contributed by atoms with Crippen molar-refractivity contribution in [2.75, 3.05) is 0 Å². The highest BCUT2D eigenvalue weighted by molar-refractivity contribution is 6.48. The molecule has 2 rings (SSSR count). The molecule has 19 heavy (non-hydrogen) atoms. The van der Waals surface area contributed by atoms with Gasteiger partial charge in [0.25, 0.3) is 0 Å². The van der Waals surface area contributed by atoms with E-state index >= 15 is 0 Å². The number of rotatable bonds is 2. The molecule has 8 heteroatoms. The first-order valence-corrected chi connectivity index (χ1v) is 5.22. The summed E-state index contributed by atoms with van der Waals surface area (Å²) in [6.45, 7) is 3.35. The summed E-state index contributed by atoms with van der Waals surface area (Å²) in [4.78, 5) is 3.14. The predicted octanol–water partition coefficient (Wildman–Crippen LogP) is 4.10. The molecule has 0 N–H and O–H groups in total. The summed E-state index contributed by atoms with van der Waals surface area (Å²) < 4.78 is 54.4. The standard InChI is InChI=1S/C11H5ClF4N2O/c1-5(12)7-3-2-6(4-8(7)13)9-17-10(19-18-9)11(14,15)16/h2-4H,1H2. The van der Waals surface area contributed by atoms with Gasteiger partial charge in [0.1, 0.15) is 5.82 Å². The first kappa shape index (κ1) is 13.5. The van der Waals surface area contributed by atoms with Gasteiger partial charge in [-0.3, -0.25) is 0 Å². The molecule has 0 aliphatic carbocycles. The first-order chi connectivity index (χ1) is 8.79. The van der Waals surface area contributed by atoms with Crippen LogP contribution < -0.4 is 0 Å². The summed E-state index contributed by atoms with van der Waals surface area (Å²) in [5.41, 5.74) is 0.0865. The predicted molar refractivity (Wildman–Crippen MR) is 59.6 cm³/mol. The molecule has 100 valence electrons. The Morgan fingerprint density at radius 1 is 1.32 bits per heavy atom. The van der Waals surface area contributed by atoms with Gasteiger partial charge in [0.05, 0.1) is 0 Å². The topological polar surface area (TPSA) is 38.9 Å². The fraction of sp³-hybridized carbons (Fsp3) is 0.0909. The van der Waals surface area contributed by atoms with Crippen LogP contribution in [0.4, 0.5) is 17.6 Å². The Bertz CT molecular complexity index is 636. The molecule has 1 heterocycles. The van der Waals surface area contributed by atoms with Crippen LogP contribution in [0.1, 0.15) is 11.5 Å². The molecule has 0 fully saturated rings. The molecule has 0 saturated carbocycles. The van der Waals surface area contributed by atoms with Gasteiger partial charge in [0.2, 0.25) is 5.82 Å². The second-order valence-corrected chi connectivity index (χ2v) is 3.98. The lowest BCUT2D eigenvalue weighted by Gasteiger charge is -2.01. The van der Waals surface area contributed by atoms with E-state index in [0.29, 0.717) is 0 Å².